The molecule has 0 spiro atoms. The number of carbonyl (C=O) groups is 2. The normalized spacial score (nSPS) is 9.53. The first-order valence-corrected chi connectivity index (χ1v) is 5.53. The topological polar surface area (TPSA) is 54.4 Å². The van der Waals surface area contributed by atoms with Crippen LogP contribution in [0.2, 0.25) is 0 Å². The molecule has 19 heavy (non-hydrogen) atoms. The van der Waals surface area contributed by atoms with Crippen molar-refractivity contribution in [2.24, 2.45) is 0 Å². The van der Waals surface area contributed by atoms with E-state index in [-0.39, 0.29) is 40.9 Å². The van der Waals surface area contributed by atoms with Crippen molar-refractivity contribution in [3.05, 3.63) is 70.8 Å². The molecule has 1 N–H and O–H groups in total. The molecule has 4 heteroatoms. The molecule has 0 saturated carbocycles. The molecule has 0 aromatic heterocycles. The van der Waals surface area contributed by atoms with Gasteiger partial charge in [-0.1, -0.05) is 36.4 Å². The quantitative estimate of drug-likeness (QED) is 0.683. The summed E-state index contributed by atoms with van der Waals surface area (Å²) in [6.45, 7) is 1.79. The molecule has 0 saturated heterocycles. The third kappa shape index (κ3) is 3.53. The number of carboxylic acid groups (broad SMARTS) is 1. The van der Waals surface area contributed by atoms with E-state index in [0.29, 0.717) is 11.1 Å². The second-order valence-electron chi connectivity index (χ2n) is 4.03. The Balaban J connectivity index is 0.00000180. The van der Waals surface area contributed by atoms with Crippen LogP contribution in [0.25, 0.3) is 0 Å². The van der Waals surface area contributed by atoms with Crippen LogP contribution in [0.3, 0.4) is 0 Å². The van der Waals surface area contributed by atoms with Crippen LogP contribution in [0, 0.1) is 6.92 Å². The summed E-state index contributed by atoms with van der Waals surface area (Å²) in [6.07, 6.45) is 0. The fraction of sp³-hybridized carbons (Fsp3) is 0.0667. The third-order valence-electron chi connectivity index (χ3n) is 2.77. The molecule has 92 valence electrons. The van der Waals surface area contributed by atoms with Gasteiger partial charge in [0, 0.05) is 11.1 Å². The van der Waals surface area contributed by atoms with Crippen molar-refractivity contribution in [2.45, 2.75) is 6.92 Å². The van der Waals surface area contributed by atoms with Gasteiger partial charge in [0.05, 0.1) is 5.56 Å². The fourth-order valence-electron chi connectivity index (χ4n) is 1.74. The number of rotatable bonds is 3. The standard InChI is InChI=1S/C15H12O3.Na.H/c1-10-7-8-12(15(17)18)9-13(10)14(16)11-5-3-2-4-6-11;;/h2-9H,1H3,(H,17,18);;. The molecule has 0 aliphatic rings. The van der Waals surface area contributed by atoms with E-state index in [4.69, 9.17) is 5.11 Å². The van der Waals surface area contributed by atoms with Gasteiger partial charge in [-0.05, 0) is 24.6 Å². The van der Waals surface area contributed by atoms with Gasteiger partial charge in [0.2, 0.25) is 0 Å². The summed E-state index contributed by atoms with van der Waals surface area (Å²) in [5.41, 5.74) is 1.89. The van der Waals surface area contributed by atoms with E-state index >= 15 is 0 Å². The van der Waals surface area contributed by atoms with E-state index in [1.54, 1.807) is 37.3 Å². The van der Waals surface area contributed by atoms with E-state index in [1.165, 1.54) is 12.1 Å². The van der Waals surface area contributed by atoms with Crippen molar-refractivity contribution in [1.82, 2.24) is 0 Å². The van der Waals surface area contributed by atoms with Crippen LogP contribution in [0.5, 0.6) is 0 Å². The number of ketones is 1. The summed E-state index contributed by atoms with van der Waals surface area (Å²) in [5.74, 6) is -1.19. The summed E-state index contributed by atoms with van der Waals surface area (Å²) in [4.78, 5) is 23.2. The zero-order valence-corrected chi connectivity index (χ0v) is 9.88. The van der Waals surface area contributed by atoms with Crippen molar-refractivity contribution in [3.8, 4) is 0 Å². The molecule has 0 fully saturated rings. The van der Waals surface area contributed by atoms with Crippen LogP contribution >= 0.6 is 0 Å². The van der Waals surface area contributed by atoms with Crippen LogP contribution in [0.15, 0.2) is 48.5 Å². The molecule has 2 aromatic rings. The molecule has 0 amide bonds. The average Bonchev–Trinajstić information content (AvgIpc) is 2.39. The minimum atomic E-state index is -1.03. The molecule has 3 nitrogen and oxygen atoms in total. The number of benzene rings is 2. The Morgan fingerprint density at radius 1 is 0.947 bits per heavy atom. The summed E-state index contributed by atoms with van der Waals surface area (Å²) in [5, 5.41) is 8.94. The van der Waals surface area contributed by atoms with Gasteiger partial charge in [0.25, 0.3) is 0 Å². The maximum atomic E-state index is 12.2. The number of carboxylic acids is 1. The monoisotopic (exact) mass is 264 g/mol. The predicted octanol–water partition coefficient (Wildman–Crippen LogP) is 2.28. The molecule has 2 rings (SSSR count). The molecule has 0 aliphatic carbocycles. The molecular formula is C15H13NaO3. The van der Waals surface area contributed by atoms with Crippen molar-refractivity contribution >= 4 is 41.3 Å². The van der Waals surface area contributed by atoms with Crippen LogP contribution < -0.4 is 0 Å². The number of hydrogen-bond donors (Lipinski definition) is 1. The van der Waals surface area contributed by atoms with Gasteiger partial charge < -0.3 is 5.11 Å². The second kappa shape index (κ2) is 6.66. The Hall–Kier alpha value is -1.42. The SMILES string of the molecule is Cc1ccc(C(=O)O)cc1C(=O)c1ccccc1.[NaH]. The van der Waals surface area contributed by atoms with Crippen molar-refractivity contribution in [3.63, 3.8) is 0 Å². The molecule has 0 aliphatic heterocycles. The van der Waals surface area contributed by atoms with Gasteiger partial charge in [0.15, 0.2) is 5.78 Å². The van der Waals surface area contributed by atoms with Crippen molar-refractivity contribution < 1.29 is 14.7 Å². The van der Waals surface area contributed by atoms with Gasteiger partial charge in [-0.25, -0.2) is 4.79 Å². The second-order valence-corrected chi connectivity index (χ2v) is 4.03. The first-order chi connectivity index (χ1) is 8.59. The van der Waals surface area contributed by atoms with Gasteiger partial charge in [0.1, 0.15) is 0 Å². The molecular weight excluding hydrogens is 251 g/mol. The zero-order valence-electron chi connectivity index (χ0n) is 9.88. The Morgan fingerprint density at radius 2 is 1.58 bits per heavy atom. The van der Waals surface area contributed by atoms with Crippen LogP contribution in [0.1, 0.15) is 31.8 Å². The Kier molecular flexibility index (Phi) is 5.48. The molecule has 0 bridgehead atoms. The Labute approximate surface area is 133 Å². The average molecular weight is 264 g/mol. The van der Waals surface area contributed by atoms with E-state index < -0.39 is 5.97 Å². The van der Waals surface area contributed by atoms with Crippen LogP contribution in [-0.4, -0.2) is 46.4 Å². The number of aryl methyl sites for hydroxylation is 1. The van der Waals surface area contributed by atoms with Crippen molar-refractivity contribution in [2.75, 3.05) is 0 Å². The molecule has 0 unspecified atom stereocenters. The number of carbonyl (C=O) groups excluding carboxylic acids is 1. The Bertz CT molecular complexity index is 606. The molecule has 2 aromatic carbocycles. The fourth-order valence-corrected chi connectivity index (χ4v) is 1.74. The van der Waals surface area contributed by atoms with E-state index in [1.807, 2.05) is 6.07 Å². The van der Waals surface area contributed by atoms with E-state index in [2.05, 4.69) is 0 Å². The summed E-state index contributed by atoms with van der Waals surface area (Å²) < 4.78 is 0. The van der Waals surface area contributed by atoms with Crippen molar-refractivity contribution in [1.29, 1.82) is 0 Å². The number of hydrogen-bond acceptors (Lipinski definition) is 2. The number of aromatic carboxylic acids is 1. The van der Waals surface area contributed by atoms with Gasteiger partial charge in [-0.3, -0.25) is 4.79 Å². The first-order valence-electron chi connectivity index (χ1n) is 5.53. The van der Waals surface area contributed by atoms with E-state index in [9.17, 15) is 9.59 Å². The van der Waals surface area contributed by atoms with Crippen LogP contribution in [0.4, 0.5) is 0 Å². The molecule has 0 atom stereocenters. The Morgan fingerprint density at radius 3 is 2.16 bits per heavy atom. The third-order valence-corrected chi connectivity index (χ3v) is 2.77. The van der Waals surface area contributed by atoms with Gasteiger partial charge >= 0.3 is 35.5 Å². The van der Waals surface area contributed by atoms with E-state index in [0.717, 1.165) is 5.56 Å². The summed E-state index contributed by atoms with van der Waals surface area (Å²) >= 11 is 0. The summed E-state index contributed by atoms with van der Waals surface area (Å²) in [7, 11) is 0. The zero-order chi connectivity index (χ0) is 13.1. The first kappa shape index (κ1) is 15.6. The van der Waals surface area contributed by atoms with Gasteiger partial charge in [-0.15, -0.1) is 0 Å². The molecule has 0 radical (unpaired) electrons. The molecule has 0 heterocycles. The minimum absolute atomic E-state index is 0. The maximum absolute atomic E-state index is 12.2. The van der Waals surface area contributed by atoms with Gasteiger partial charge in [-0.2, -0.15) is 0 Å². The predicted molar refractivity (Wildman–Crippen MR) is 75.2 cm³/mol. The van der Waals surface area contributed by atoms with Crippen LogP contribution in [-0.2, 0) is 0 Å². The summed E-state index contributed by atoms with van der Waals surface area (Å²) in [6, 6.07) is 13.4.